The maximum absolute atomic E-state index is 3.51. The smallest absolute Gasteiger partial charge is 0.0208 e. The van der Waals surface area contributed by atoms with Crippen molar-refractivity contribution in [3.05, 3.63) is 35.4 Å². The van der Waals surface area contributed by atoms with Gasteiger partial charge in [-0.15, -0.1) is 0 Å². The van der Waals surface area contributed by atoms with Gasteiger partial charge >= 0.3 is 0 Å². The van der Waals surface area contributed by atoms with Crippen molar-refractivity contribution in [2.24, 2.45) is 5.92 Å². The second-order valence-corrected chi connectivity index (χ2v) is 5.03. The first-order chi connectivity index (χ1) is 7.24. The molecule has 0 aliphatic heterocycles. The van der Waals surface area contributed by atoms with E-state index in [2.05, 4.69) is 49.7 Å². The fraction of sp³-hybridized carbons (Fsp3) is 0.538. The van der Waals surface area contributed by atoms with Gasteiger partial charge in [-0.3, -0.25) is 0 Å². The van der Waals surface area contributed by atoms with Crippen LogP contribution < -0.4 is 5.32 Å². The van der Waals surface area contributed by atoms with Crippen LogP contribution in [0.2, 0.25) is 0 Å². The molecule has 1 aromatic carbocycles. The summed E-state index contributed by atoms with van der Waals surface area (Å²) < 4.78 is 0. The maximum Gasteiger partial charge on any atom is 0.0208 e. The van der Waals surface area contributed by atoms with Crippen LogP contribution >= 0.6 is 11.8 Å². The van der Waals surface area contributed by atoms with Crippen LogP contribution in [0.25, 0.3) is 0 Å². The fourth-order valence-electron chi connectivity index (χ4n) is 1.61. The van der Waals surface area contributed by atoms with Crippen molar-refractivity contribution in [3.63, 3.8) is 0 Å². The lowest BCUT2D eigenvalue weighted by atomic mass is 10.1. The summed E-state index contributed by atoms with van der Waals surface area (Å²) >= 11 is 1.92. The van der Waals surface area contributed by atoms with Gasteiger partial charge in [-0.2, -0.15) is 11.8 Å². The highest BCUT2D eigenvalue weighted by Crippen LogP contribution is 2.07. The lowest BCUT2D eigenvalue weighted by Crippen LogP contribution is -2.22. The molecule has 1 rings (SSSR count). The Hall–Kier alpha value is -0.470. The van der Waals surface area contributed by atoms with Crippen LogP contribution in [0.5, 0.6) is 0 Å². The van der Waals surface area contributed by atoms with Crippen LogP contribution in [0.1, 0.15) is 18.1 Å². The molecule has 1 nitrogen and oxygen atoms in total. The van der Waals surface area contributed by atoms with Crippen molar-refractivity contribution >= 4 is 11.8 Å². The molecule has 1 aromatic rings. The maximum atomic E-state index is 3.51. The van der Waals surface area contributed by atoms with Gasteiger partial charge in [0.05, 0.1) is 0 Å². The van der Waals surface area contributed by atoms with Gasteiger partial charge < -0.3 is 5.32 Å². The first kappa shape index (κ1) is 12.6. The third-order valence-electron chi connectivity index (χ3n) is 2.52. The summed E-state index contributed by atoms with van der Waals surface area (Å²) in [6, 6.07) is 8.56. The van der Waals surface area contributed by atoms with Crippen LogP contribution in [-0.4, -0.2) is 18.6 Å². The van der Waals surface area contributed by atoms with E-state index in [1.54, 1.807) is 0 Å². The minimum Gasteiger partial charge on any atom is -0.312 e. The summed E-state index contributed by atoms with van der Waals surface area (Å²) in [6.07, 6.45) is 2.16. The van der Waals surface area contributed by atoms with Crippen molar-refractivity contribution in [1.29, 1.82) is 0 Å². The molecule has 0 saturated heterocycles. The molecule has 1 atom stereocenters. The topological polar surface area (TPSA) is 12.0 Å². The number of nitrogens with one attached hydrogen (secondary N) is 1. The molecule has 0 fully saturated rings. The average Bonchev–Trinajstić information content (AvgIpc) is 2.21. The second kappa shape index (κ2) is 6.91. The van der Waals surface area contributed by atoms with E-state index < -0.39 is 0 Å². The standard InChI is InChI=1S/C13H21NS/c1-11(10-15-3)8-14-9-13-7-5-4-6-12(13)2/h4-7,11,14H,8-10H2,1-3H3. The third kappa shape index (κ3) is 4.72. The van der Waals surface area contributed by atoms with Crippen LogP contribution in [-0.2, 0) is 6.54 Å². The van der Waals surface area contributed by atoms with Crippen molar-refractivity contribution in [1.82, 2.24) is 5.32 Å². The predicted molar refractivity (Wildman–Crippen MR) is 70.4 cm³/mol. The number of rotatable bonds is 6. The molecule has 0 aromatic heterocycles. The zero-order valence-electron chi connectivity index (χ0n) is 9.92. The number of aryl methyl sites for hydroxylation is 1. The highest BCUT2D eigenvalue weighted by atomic mass is 32.2. The van der Waals surface area contributed by atoms with Gasteiger partial charge in [0.2, 0.25) is 0 Å². The number of thioether (sulfide) groups is 1. The Morgan fingerprint density at radius 1 is 1.33 bits per heavy atom. The quantitative estimate of drug-likeness (QED) is 0.795. The van der Waals surface area contributed by atoms with E-state index in [1.807, 2.05) is 11.8 Å². The number of hydrogen-bond acceptors (Lipinski definition) is 2. The zero-order valence-corrected chi connectivity index (χ0v) is 10.7. The molecule has 0 aliphatic rings. The SMILES string of the molecule is CSCC(C)CNCc1ccccc1C. The lowest BCUT2D eigenvalue weighted by Gasteiger charge is -2.12. The first-order valence-electron chi connectivity index (χ1n) is 5.48. The average molecular weight is 223 g/mol. The van der Waals surface area contributed by atoms with E-state index in [4.69, 9.17) is 0 Å². The van der Waals surface area contributed by atoms with Crippen molar-refractivity contribution in [2.75, 3.05) is 18.6 Å². The van der Waals surface area contributed by atoms with E-state index >= 15 is 0 Å². The summed E-state index contributed by atoms with van der Waals surface area (Å²) in [5.74, 6) is 1.99. The molecule has 0 saturated carbocycles. The predicted octanol–water partition coefficient (Wildman–Crippen LogP) is 3.08. The van der Waals surface area contributed by atoms with Gasteiger partial charge in [0.25, 0.3) is 0 Å². The molecule has 0 aliphatic carbocycles. The Kier molecular flexibility index (Phi) is 5.81. The largest absolute Gasteiger partial charge is 0.312 e. The second-order valence-electron chi connectivity index (χ2n) is 4.12. The van der Waals surface area contributed by atoms with Gasteiger partial charge in [-0.25, -0.2) is 0 Å². The highest BCUT2D eigenvalue weighted by molar-refractivity contribution is 7.98. The van der Waals surface area contributed by atoms with E-state index in [1.165, 1.54) is 16.9 Å². The van der Waals surface area contributed by atoms with Crippen molar-refractivity contribution in [3.8, 4) is 0 Å². The Bertz CT molecular complexity index is 286. The molecule has 15 heavy (non-hydrogen) atoms. The Labute approximate surface area is 97.7 Å². The van der Waals surface area contributed by atoms with E-state index in [0.717, 1.165) is 19.0 Å². The normalized spacial score (nSPS) is 12.7. The van der Waals surface area contributed by atoms with Crippen LogP contribution in [0.15, 0.2) is 24.3 Å². The molecular weight excluding hydrogens is 202 g/mol. The first-order valence-corrected chi connectivity index (χ1v) is 6.87. The molecule has 1 N–H and O–H groups in total. The summed E-state index contributed by atoms with van der Waals surface area (Å²) in [5.41, 5.74) is 2.79. The van der Waals surface area contributed by atoms with Crippen LogP contribution in [0.4, 0.5) is 0 Å². The minimum atomic E-state index is 0.754. The van der Waals surface area contributed by atoms with Gasteiger partial charge in [-0.05, 0) is 42.5 Å². The monoisotopic (exact) mass is 223 g/mol. The summed E-state index contributed by atoms with van der Waals surface area (Å²) in [7, 11) is 0. The Balaban J connectivity index is 2.29. The van der Waals surface area contributed by atoms with Crippen LogP contribution in [0, 0.1) is 12.8 Å². The molecule has 0 spiro atoms. The molecule has 0 heterocycles. The van der Waals surface area contributed by atoms with E-state index in [-0.39, 0.29) is 0 Å². The summed E-state index contributed by atoms with van der Waals surface area (Å²) in [6.45, 7) is 6.56. The molecule has 2 heteroatoms. The summed E-state index contributed by atoms with van der Waals surface area (Å²) in [5, 5.41) is 3.51. The van der Waals surface area contributed by atoms with E-state index in [9.17, 15) is 0 Å². The fourth-order valence-corrected chi connectivity index (χ4v) is 2.29. The van der Waals surface area contributed by atoms with Crippen molar-refractivity contribution in [2.45, 2.75) is 20.4 Å². The zero-order chi connectivity index (χ0) is 11.1. The molecule has 1 unspecified atom stereocenters. The molecule has 0 amide bonds. The number of hydrogen-bond donors (Lipinski definition) is 1. The summed E-state index contributed by atoms with van der Waals surface area (Å²) in [4.78, 5) is 0. The van der Waals surface area contributed by atoms with E-state index in [0.29, 0.717) is 0 Å². The Morgan fingerprint density at radius 3 is 2.73 bits per heavy atom. The van der Waals surface area contributed by atoms with Crippen LogP contribution in [0.3, 0.4) is 0 Å². The van der Waals surface area contributed by atoms with Gasteiger partial charge in [0.1, 0.15) is 0 Å². The Morgan fingerprint density at radius 2 is 2.07 bits per heavy atom. The van der Waals surface area contributed by atoms with Gasteiger partial charge in [0, 0.05) is 6.54 Å². The molecule has 0 bridgehead atoms. The third-order valence-corrected chi connectivity index (χ3v) is 3.42. The van der Waals surface area contributed by atoms with Gasteiger partial charge in [-0.1, -0.05) is 31.2 Å². The number of benzene rings is 1. The lowest BCUT2D eigenvalue weighted by molar-refractivity contribution is 0.558. The molecule has 84 valence electrons. The molecular formula is C13H21NS. The molecule has 0 radical (unpaired) electrons. The highest BCUT2D eigenvalue weighted by Gasteiger charge is 2.01. The van der Waals surface area contributed by atoms with Gasteiger partial charge in [0.15, 0.2) is 0 Å². The van der Waals surface area contributed by atoms with Crippen molar-refractivity contribution < 1.29 is 0 Å². The minimum absolute atomic E-state index is 0.754.